The van der Waals surface area contributed by atoms with Crippen molar-refractivity contribution in [1.29, 1.82) is 0 Å². The summed E-state index contributed by atoms with van der Waals surface area (Å²) in [7, 11) is 0. The van der Waals surface area contributed by atoms with Gasteiger partial charge >= 0.3 is 0 Å². The highest BCUT2D eigenvalue weighted by Gasteiger charge is 2.46. The zero-order valence-corrected chi connectivity index (χ0v) is 35.3. The Labute approximate surface area is 368 Å². The first kappa shape index (κ1) is 36.9. The summed E-state index contributed by atoms with van der Waals surface area (Å²) in [4.78, 5) is 4.89. The van der Waals surface area contributed by atoms with Gasteiger partial charge in [0.05, 0.1) is 16.8 Å². The second-order valence-electron chi connectivity index (χ2n) is 17.0. The van der Waals surface area contributed by atoms with Crippen LogP contribution in [0.1, 0.15) is 33.4 Å². The van der Waals surface area contributed by atoms with Gasteiger partial charge in [0.25, 0.3) is 0 Å². The lowest BCUT2D eigenvalue weighted by atomic mass is 9.67. The molecule has 0 heterocycles. The zero-order valence-electron chi connectivity index (χ0n) is 35.3. The van der Waals surface area contributed by atoms with Crippen molar-refractivity contribution in [2.75, 3.05) is 9.80 Å². The Morgan fingerprint density at radius 2 is 0.730 bits per heavy atom. The average Bonchev–Trinajstić information content (AvgIpc) is 3.64. The molecule has 0 amide bonds. The number of fused-ring (bicyclic) bond motifs is 3. The van der Waals surface area contributed by atoms with Crippen LogP contribution in [0.25, 0.3) is 43.4 Å². The molecule has 1 aliphatic carbocycles. The van der Waals surface area contributed by atoms with E-state index in [9.17, 15) is 0 Å². The summed E-state index contributed by atoms with van der Waals surface area (Å²) >= 11 is 0. The third kappa shape index (κ3) is 5.72. The topological polar surface area (TPSA) is 6.48 Å². The van der Waals surface area contributed by atoms with E-state index in [-0.39, 0.29) is 0 Å². The predicted octanol–water partition coefficient (Wildman–Crippen LogP) is 16.5. The Morgan fingerprint density at radius 3 is 1.27 bits per heavy atom. The average molecular weight is 805 g/mol. The van der Waals surface area contributed by atoms with Crippen molar-refractivity contribution >= 4 is 66.4 Å². The van der Waals surface area contributed by atoms with Gasteiger partial charge in [-0.25, -0.2) is 0 Å². The van der Waals surface area contributed by atoms with Crippen LogP contribution in [0.5, 0.6) is 0 Å². The van der Waals surface area contributed by atoms with Crippen LogP contribution in [0.4, 0.5) is 34.1 Å². The standard InChI is InChI=1S/C61H44N2/c1-41-16-13-23-48(38-41)62(47-21-7-4-8-22-47)57-36-32-43-31-35-54-58(37-33-44-30-34-53(57)59(43)60(44)54)63(49-24-14-17-42(2)39-49)50-25-15-20-46(40-50)61(45-18-5-3-6-19-45)55-28-11-9-26-51(55)52-27-10-12-29-56(52)61/h3-40H,1-2H3. The van der Waals surface area contributed by atoms with Crippen molar-refractivity contribution in [2.45, 2.75) is 19.3 Å². The molecule has 0 bridgehead atoms. The molecule has 0 radical (unpaired) electrons. The zero-order chi connectivity index (χ0) is 42.1. The van der Waals surface area contributed by atoms with Gasteiger partial charge in [-0.05, 0) is 141 Å². The molecule has 0 N–H and O–H groups in total. The first-order valence-corrected chi connectivity index (χ1v) is 21.9. The van der Waals surface area contributed by atoms with Gasteiger partial charge in [0.1, 0.15) is 0 Å². The first-order valence-electron chi connectivity index (χ1n) is 21.9. The summed E-state index contributed by atoms with van der Waals surface area (Å²) in [5.41, 5.74) is 16.4. The second kappa shape index (κ2) is 14.6. The van der Waals surface area contributed by atoms with Gasteiger partial charge in [0.2, 0.25) is 0 Å². The van der Waals surface area contributed by atoms with Gasteiger partial charge in [-0.1, -0.05) is 170 Å². The summed E-state index contributed by atoms with van der Waals surface area (Å²) in [6.07, 6.45) is 0. The van der Waals surface area contributed by atoms with Crippen LogP contribution in [-0.2, 0) is 5.41 Å². The van der Waals surface area contributed by atoms with Gasteiger partial charge < -0.3 is 9.80 Å². The van der Waals surface area contributed by atoms with Crippen molar-refractivity contribution in [3.8, 4) is 11.1 Å². The fourth-order valence-electron chi connectivity index (χ4n) is 10.7. The van der Waals surface area contributed by atoms with Gasteiger partial charge in [0, 0.05) is 33.5 Å². The molecule has 63 heavy (non-hydrogen) atoms. The molecule has 1 aliphatic rings. The van der Waals surface area contributed by atoms with E-state index in [1.165, 1.54) is 76.8 Å². The van der Waals surface area contributed by atoms with Crippen LogP contribution in [0.15, 0.2) is 231 Å². The number of hydrogen-bond acceptors (Lipinski definition) is 2. The van der Waals surface area contributed by atoms with Crippen LogP contribution >= 0.6 is 0 Å². The Bertz CT molecular complexity index is 3450. The maximum absolute atomic E-state index is 2.48. The fraction of sp³-hybridized carbons (Fsp3) is 0.0492. The van der Waals surface area contributed by atoms with Crippen molar-refractivity contribution in [3.63, 3.8) is 0 Å². The van der Waals surface area contributed by atoms with Gasteiger partial charge in [-0.15, -0.1) is 0 Å². The lowest BCUT2D eigenvalue weighted by molar-refractivity contribution is 0.768. The minimum absolute atomic E-state index is 0.510. The number of benzene rings is 11. The van der Waals surface area contributed by atoms with Crippen LogP contribution in [-0.4, -0.2) is 0 Å². The molecule has 12 rings (SSSR count). The molecular formula is C61H44N2. The summed E-state index contributed by atoms with van der Waals surface area (Å²) in [5.74, 6) is 0. The third-order valence-electron chi connectivity index (χ3n) is 13.3. The third-order valence-corrected chi connectivity index (χ3v) is 13.3. The van der Waals surface area contributed by atoms with Crippen LogP contribution in [0.2, 0.25) is 0 Å². The number of anilines is 6. The summed E-state index contributed by atoms with van der Waals surface area (Å²) in [6, 6.07) is 85.5. The molecule has 298 valence electrons. The molecule has 11 aromatic rings. The predicted molar refractivity (Wildman–Crippen MR) is 266 cm³/mol. The minimum Gasteiger partial charge on any atom is -0.310 e. The molecular weight excluding hydrogens is 761 g/mol. The second-order valence-corrected chi connectivity index (χ2v) is 17.0. The monoisotopic (exact) mass is 804 g/mol. The van der Waals surface area contributed by atoms with Gasteiger partial charge in [-0.3, -0.25) is 0 Å². The molecule has 11 aromatic carbocycles. The smallest absolute Gasteiger partial charge is 0.0714 e. The molecule has 0 atom stereocenters. The fourth-order valence-corrected chi connectivity index (χ4v) is 10.7. The van der Waals surface area contributed by atoms with E-state index in [0.717, 1.165) is 34.1 Å². The van der Waals surface area contributed by atoms with Crippen molar-refractivity contribution in [2.24, 2.45) is 0 Å². The lowest BCUT2D eigenvalue weighted by Crippen LogP contribution is -2.28. The summed E-state index contributed by atoms with van der Waals surface area (Å²) < 4.78 is 0. The molecule has 0 aliphatic heterocycles. The molecule has 0 unspecified atom stereocenters. The SMILES string of the molecule is Cc1cccc(N(c2ccccc2)c2ccc3ccc4c(N(c5cccc(C)c5)c5cccc(C6(c7ccccc7)c7ccccc7-c7ccccc76)c5)ccc5ccc2c3c54)c1. The quantitative estimate of drug-likeness (QED) is 0.141. The van der Waals surface area contributed by atoms with Crippen LogP contribution in [0, 0.1) is 13.8 Å². The number of aryl methyl sites for hydroxylation is 2. The van der Waals surface area contributed by atoms with Crippen molar-refractivity contribution in [3.05, 3.63) is 264 Å². The van der Waals surface area contributed by atoms with Crippen LogP contribution in [0.3, 0.4) is 0 Å². The van der Waals surface area contributed by atoms with E-state index >= 15 is 0 Å². The van der Waals surface area contributed by atoms with E-state index in [0.29, 0.717) is 0 Å². The van der Waals surface area contributed by atoms with E-state index in [4.69, 9.17) is 0 Å². The molecule has 0 saturated carbocycles. The van der Waals surface area contributed by atoms with Crippen molar-refractivity contribution in [1.82, 2.24) is 0 Å². The Morgan fingerprint density at radius 1 is 0.317 bits per heavy atom. The highest BCUT2D eigenvalue weighted by molar-refractivity contribution is 6.28. The number of para-hydroxylation sites is 1. The Balaban J connectivity index is 1.11. The van der Waals surface area contributed by atoms with Gasteiger partial charge in [0.15, 0.2) is 0 Å². The molecule has 2 heteroatoms. The van der Waals surface area contributed by atoms with Gasteiger partial charge in [-0.2, -0.15) is 0 Å². The highest BCUT2D eigenvalue weighted by Crippen LogP contribution is 2.57. The van der Waals surface area contributed by atoms with E-state index in [1.807, 2.05) is 0 Å². The van der Waals surface area contributed by atoms with Crippen molar-refractivity contribution < 1.29 is 0 Å². The van der Waals surface area contributed by atoms with E-state index in [2.05, 4.69) is 254 Å². The minimum atomic E-state index is -0.510. The molecule has 0 aromatic heterocycles. The van der Waals surface area contributed by atoms with Crippen LogP contribution < -0.4 is 9.80 Å². The molecule has 0 spiro atoms. The maximum Gasteiger partial charge on any atom is 0.0714 e. The molecule has 0 saturated heterocycles. The summed E-state index contributed by atoms with van der Waals surface area (Å²) in [6.45, 7) is 4.36. The molecule has 2 nitrogen and oxygen atoms in total. The maximum atomic E-state index is 2.48. The van der Waals surface area contributed by atoms with E-state index in [1.54, 1.807) is 0 Å². The number of nitrogens with zero attached hydrogens (tertiary/aromatic N) is 2. The Hall–Kier alpha value is -7.94. The lowest BCUT2D eigenvalue weighted by Gasteiger charge is -2.35. The Kier molecular flexibility index (Phi) is 8.55. The van der Waals surface area contributed by atoms with E-state index < -0.39 is 5.41 Å². The summed E-state index contributed by atoms with van der Waals surface area (Å²) in [5, 5.41) is 7.44. The normalized spacial score (nSPS) is 12.7. The number of rotatable bonds is 8. The first-order chi connectivity index (χ1) is 31.1. The molecule has 0 fully saturated rings. The largest absolute Gasteiger partial charge is 0.310 e. The number of hydrogen-bond donors (Lipinski definition) is 0. The highest BCUT2D eigenvalue weighted by atomic mass is 15.1.